The minimum Gasteiger partial charge on any atom is -0.319 e. The number of aryl methyl sites for hydroxylation is 1. The molecule has 0 radical (unpaired) electrons. The zero-order valence-electron chi connectivity index (χ0n) is 16.1. The van der Waals surface area contributed by atoms with Gasteiger partial charge in [-0.1, -0.05) is 58.7 Å². The lowest BCUT2D eigenvalue weighted by Crippen LogP contribution is -2.14. The van der Waals surface area contributed by atoms with Crippen molar-refractivity contribution in [2.75, 3.05) is 5.32 Å². The van der Waals surface area contributed by atoms with Gasteiger partial charge in [0.2, 0.25) is 5.82 Å². The molecule has 7 heteroatoms. The standard InChI is InChI=1S/C23H18BrClN4O/c1-2-15-6-10-19(11-7-15)26-23(30)21-27-22(16-4-3-5-18(25)14-16)29(28-21)20-12-8-17(24)9-13-20/h3-14H,2H2,1H3,(H,26,30). The molecule has 0 unspecified atom stereocenters. The van der Waals surface area contributed by atoms with Crippen LogP contribution in [0.3, 0.4) is 0 Å². The van der Waals surface area contributed by atoms with E-state index in [-0.39, 0.29) is 11.7 Å². The molecule has 1 amide bonds. The number of nitrogens with zero attached hydrogens (tertiary/aromatic N) is 3. The number of halogens is 2. The molecule has 30 heavy (non-hydrogen) atoms. The lowest BCUT2D eigenvalue weighted by molar-refractivity contribution is 0.101. The molecule has 0 fully saturated rings. The molecule has 0 atom stereocenters. The van der Waals surface area contributed by atoms with Gasteiger partial charge in [-0.3, -0.25) is 4.79 Å². The fraction of sp³-hybridized carbons (Fsp3) is 0.0870. The van der Waals surface area contributed by atoms with Gasteiger partial charge < -0.3 is 5.32 Å². The summed E-state index contributed by atoms with van der Waals surface area (Å²) < 4.78 is 2.59. The Hall–Kier alpha value is -2.96. The fourth-order valence-corrected chi connectivity index (χ4v) is 3.45. The quantitative estimate of drug-likeness (QED) is 0.371. The van der Waals surface area contributed by atoms with Crippen molar-refractivity contribution in [2.45, 2.75) is 13.3 Å². The van der Waals surface area contributed by atoms with E-state index in [0.29, 0.717) is 16.5 Å². The Morgan fingerprint density at radius 2 is 1.80 bits per heavy atom. The number of benzene rings is 3. The Morgan fingerprint density at radius 1 is 1.07 bits per heavy atom. The van der Waals surface area contributed by atoms with Crippen LogP contribution >= 0.6 is 27.5 Å². The molecule has 1 N–H and O–H groups in total. The van der Waals surface area contributed by atoms with E-state index in [1.165, 1.54) is 5.56 Å². The molecule has 0 bridgehead atoms. The van der Waals surface area contributed by atoms with Crippen molar-refractivity contribution in [3.8, 4) is 17.1 Å². The number of nitrogens with one attached hydrogen (secondary N) is 1. The predicted octanol–water partition coefficient (Wildman–Crippen LogP) is 6.16. The highest BCUT2D eigenvalue weighted by molar-refractivity contribution is 9.10. The number of amides is 1. The van der Waals surface area contributed by atoms with Crippen molar-refractivity contribution in [1.29, 1.82) is 0 Å². The first-order chi connectivity index (χ1) is 14.5. The first-order valence-electron chi connectivity index (χ1n) is 9.42. The number of hydrogen-bond acceptors (Lipinski definition) is 3. The van der Waals surface area contributed by atoms with E-state index in [1.54, 1.807) is 16.8 Å². The highest BCUT2D eigenvalue weighted by Gasteiger charge is 2.19. The van der Waals surface area contributed by atoms with Crippen LogP contribution < -0.4 is 5.32 Å². The Bertz CT molecular complexity index is 1190. The third kappa shape index (κ3) is 4.45. The van der Waals surface area contributed by atoms with Gasteiger partial charge in [-0.25, -0.2) is 9.67 Å². The molecule has 3 aromatic carbocycles. The van der Waals surface area contributed by atoms with Crippen LogP contribution in [0.15, 0.2) is 77.3 Å². The van der Waals surface area contributed by atoms with Gasteiger partial charge in [0.25, 0.3) is 5.91 Å². The maximum absolute atomic E-state index is 12.8. The lowest BCUT2D eigenvalue weighted by Gasteiger charge is -2.06. The summed E-state index contributed by atoms with van der Waals surface area (Å²) in [6, 6.07) is 22.7. The summed E-state index contributed by atoms with van der Waals surface area (Å²) in [5, 5.41) is 7.93. The SMILES string of the molecule is CCc1ccc(NC(=O)c2nc(-c3cccc(Cl)c3)n(-c3ccc(Br)cc3)n2)cc1. The highest BCUT2D eigenvalue weighted by Crippen LogP contribution is 2.25. The van der Waals surface area contributed by atoms with E-state index in [9.17, 15) is 4.79 Å². The van der Waals surface area contributed by atoms with E-state index in [2.05, 4.69) is 38.3 Å². The summed E-state index contributed by atoms with van der Waals surface area (Å²) in [5.41, 5.74) is 3.45. The van der Waals surface area contributed by atoms with Crippen LogP contribution in [0, 0.1) is 0 Å². The molecule has 1 heterocycles. The molecule has 0 saturated heterocycles. The molecule has 1 aromatic heterocycles. The average molecular weight is 482 g/mol. The molecular weight excluding hydrogens is 464 g/mol. The first kappa shape index (κ1) is 20.3. The Morgan fingerprint density at radius 3 is 2.47 bits per heavy atom. The van der Waals surface area contributed by atoms with Crippen molar-refractivity contribution in [3.63, 3.8) is 0 Å². The number of carbonyl (C=O) groups excluding carboxylic acids is 1. The van der Waals surface area contributed by atoms with Crippen molar-refractivity contribution in [3.05, 3.63) is 93.7 Å². The van der Waals surface area contributed by atoms with Crippen molar-refractivity contribution >= 4 is 39.1 Å². The minimum atomic E-state index is -0.376. The lowest BCUT2D eigenvalue weighted by atomic mass is 10.1. The van der Waals surface area contributed by atoms with Gasteiger partial charge in [-0.05, 0) is 60.5 Å². The maximum Gasteiger partial charge on any atom is 0.295 e. The van der Waals surface area contributed by atoms with Gasteiger partial charge >= 0.3 is 0 Å². The van der Waals surface area contributed by atoms with E-state index in [0.717, 1.165) is 22.1 Å². The summed E-state index contributed by atoms with van der Waals surface area (Å²) in [7, 11) is 0. The van der Waals surface area contributed by atoms with Gasteiger partial charge in [-0.15, -0.1) is 5.10 Å². The first-order valence-corrected chi connectivity index (χ1v) is 10.6. The molecule has 0 saturated carbocycles. The Kier molecular flexibility index (Phi) is 5.97. The number of rotatable bonds is 5. The largest absolute Gasteiger partial charge is 0.319 e. The van der Waals surface area contributed by atoms with Gasteiger partial charge in [0, 0.05) is 20.7 Å². The maximum atomic E-state index is 12.8. The number of hydrogen-bond donors (Lipinski definition) is 1. The molecule has 0 spiro atoms. The molecule has 0 aliphatic rings. The van der Waals surface area contributed by atoms with E-state index in [1.807, 2.05) is 60.7 Å². The number of carbonyl (C=O) groups is 1. The van der Waals surface area contributed by atoms with Gasteiger partial charge in [0.15, 0.2) is 5.82 Å². The third-order valence-electron chi connectivity index (χ3n) is 4.58. The third-order valence-corrected chi connectivity index (χ3v) is 5.35. The number of anilines is 1. The Balaban J connectivity index is 1.72. The van der Waals surface area contributed by atoms with Crippen LogP contribution in [0.25, 0.3) is 17.1 Å². The highest BCUT2D eigenvalue weighted by atomic mass is 79.9. The van der Waals surface area contributed by atoms with Crippen LogP contribution in [0.4, 0.5) is 5.69 Å². The monoisotopic (exact) mass is 480 g/mol. The van der Waals surface area contributed by atoms with Crippen LogP contribution in [0.5, 0.6) is 0 Å². The zero-order valence-corrected chi connectivity index (χ0v) is 18.5. The average Bonchev–Trinajstić information content (AvgIpc) is 3.20. The van der Waals surface area contributed by atoms with Crippen molar-refractivity contribution < 1.29 is 4.79 Å². The van der Waals surface area contributed by atoms with E-state index >= 15 is 0 Å². The van der Waals surface area contributed by atoms with Gasteiger partial charge in [0.05, 0.1) is 5.69 Å². The summed E-state index contributed by atoms with van der Waals surface area (Å²) in [5.74, 6) is 0.233. The predicted molar refractivity (Wildman–Crippen MR) is 123 cm³/mol. The van der Waals surface area contributed by atoms with E-state index < -0.39 is 0 Å². The summed E-state index contributed by atoms with van der Waals surface area (Å²) >= 11 is 9.61. The van der Waals surface area contributed by atoms with Crippen LogP contribution in [0.1, 0.15) is 23.1 Å². The summed E-state index contributed by atoms with van der Waals surface area (Å²) in [6.07, 6.45) is 0.941. The molecule has 4 aromatic rings. The van der Waals surface area contributed by atoms with Gasteiger partial charge in [-0.2, -0.15) is 0 Å². The van der Waals surface area contributed by atoms with Crippen LogP contribution in [0.2, 0.25) is 5.02 Å². The van der Waals surface area contributed by atoms with Gasteiger partial charge in [0.1, 0.15) is 0 Å². The molecule has 5 nitrogen and oxygen atoms in total. The molecular formula is C23H18BrClN4O. The molecule has 150 valence electrons. The molecule has 0 aliphatic carbocycles. The second-order valence-electron chi connectivity index (χ2n) is 6.66. The minimum absolute atomic E-state index is 0.0764. The van der Waals surface area contributed by atoms with Crippen LogP contribution in [-0.2, 0) is 6.42 Å². The van der Waals surface area contributed by atoms with Crippen molar-refractivity contribution in [2.24, 2.45) is 0 Å². The second-order valence-corrected chi connectivity index (χ2v) is 8.01. The Labute approximate surface area is 187 Å². The fourth-order valence-electron chi connectivity index (χ4n) is 3.00. The molecule has 0 aliphatic heterocycles. The normalized spacial score (nSPS) is 10.8. The molecule has 4 rings (SSSR count). The number of aromatic nitrogens is 3. The zero-order chi connectivity index (χ0) is 21.1. The smallest absolute Gasteiger partial charge is 0.295 e. The van der Waals surface area contributed by atoms with E-state index in [4.69, 9.17) is 11.6 Å². The topological polar surface area (TPSA) is 59.8 Å². The van der Waals surface area contributed by atoms with Crippen LogP contribution in [-0.4, -0.2) is 20.7 Å². The second kappa shape index (κ2) is 8.81. The summed E-state index contributed by atoms with van der Waals surface area (Å²) in [6.45, 7) is 2.09. The van der Waals surface area contributed by atoms with Crippen molar-refractivity contribution in [1.82, 2.24) is 14.8 Å². The summed E-state index contributed by atoms with van der Waals surface area (Å²) in [4.78, 5) is 17.4.